The number of ketones is 1. The predicted octanol–water partition coefficient (Wildman–Crippen LogP) is 5.92. The molecule has 0 saturated carbocycles. The highest BCUT2D eigenvalue weighted by Crippen LogP contribution is 2.33. The first-order valence-corrected chi connectivity index (χ1v) is 12.1. The number of rotatable bonds is 7. The zero-order valence-electron chi connectivity index (χ0n) is 18.2. The summed E-state index contributed by atoms with van der Waals surface area (Å²) in [7, 11) is 0. The van der Waals surface area contributed by atoms with Gasteiger partial charge in [-0.05, 0) is 35.6 Å². The van der Waals surface area contributed by atoms with Gasteiger partial charge < -0.3 is 10.2 Å². The number of carbonyl (C=O) groups is 2. The van der Waals surface area contributed by atoms with Gasteiger partial charge in [-0.1, -0.05) is 41.9 Å². The van der Waals surface area contributed by atoms with Crippen LogP contribution < -0.4 is 5.32 Å². The number of thioether (sulfide) groups is 1. The van der Waals surface area contributed by atoms with Gasteiger partial charge in [0.1, 0.15) is 0 Å². The minimum Gasteiger partial charge on any atom is -0.380 e. The molecule has 12 heteroatoms. The second kappa shape index (κ2) is 11.1. The molecule has 2 aromatic carbocycles. The molecule has 2 aromatic rings. The van der Waals surface area contributed by atoms with Gasteiger partial charge in [-0.2, -0.15) is 26.3 Å². The topological polar surface area (TPSA) is 49.4 Å². The van der Waals surface area contributed by atoms with Crippen LogP contribution in [0.1, 0.15) is 27.0 Å². The largest absolute Gasteiger partial charge is 0.471 e. The average molecular weight is 539 g/mol. The Hall–Kier alpha value is -2.40. The maximum absolute atomic E-state index is 12.8. The number of amides is 1. The summed E-state index contributed by atoms with van der Waals surface area (Å²) in [6.07, 6.45) is -8.81. The number of hydrogen-bond donors (Lipinski definition) is 1. The van der Waals surface area contributed by atoms with Gasteiger partial charge in [0.2, 0.25) is 0 Å². The first kappa shape index (κ1) is 27.2. The molecule has 1 N–H and O–H groups in total. The van der Waals surface area contributed by atoms with Gasteiger partial charge in [0.05, 0.1) is 22.2 Å². The monoisotopic (exact) mass is 538 g/mol. The van der Waals surface area contributed by atoms with E-state index >= 15 is 0 Å². The lowest BCUT2D eigenvalue weighted by Gasteiger charge is -2.21. The Morgan fingerprint density at radius 3 is 2.26 bits per heavy atom. The zero-order chi connectivity index (χ0) is 25.8. The first-order valence-electron chi connectivity index (χ1n) is 10.5. The summed E-state index contributed by atoms with van der Waals surface area (Å²) in [6, 6.07) is 9.76. The molecule has 0 bridgehead atoms. The summed E-state index contributed by atoms with van der Waals surface area (Å²) in [6.45, 7) is 0.144. The molecule has 0 radical (unpaired) electrons. The molecule has 1 aliphatic heterocycles. The number of hydrogen-bond acceptors (Lipinski definition) is 4. The minimum absolute atomic E-state index is 0.0524. The van der Waals surface area contributed by atoms with Gasteiger partial charge in [0.15, 0.2) is 5.78 Å². The van der Waals surface area contributed by atoms with E-state index in [0.29, 0.717) is 34.6 Å². The average Bonchev–Trinajstić information content (AvgIpc) is 2.99. The third kappa shape index (κ3) is 7.54. The molecule has 190 valence electrons. The van der Waals surface area contributed by atoms with Crippen molar-refractivity contribution in [3.8, 4) is 0 Å². The van der Waals surface area contributed by atoms with Gasteiger partial charge in [0.25, 0.3) is 0 Å². The molecule has 1 amide bonds. The quantitative estimate of drug-likeness (QED) is 0.351. The summed E-state index contributed by atoms with van der Waals surface area (Å²) in [5.41, 5.74) is 3.16. The van der Waals surface area contributed by atoms with Crippen LogP contribution in [0.2, 0.25) is 5.02 Å². The lowest BCUT2D eigenvalue weighted by atomic mass is 10.0. The van der Waals surface area contributed by atoms with Gasteiger partial charge in [0, 0.05) is 25.2 Å². The Morgan fingerprint density at radius 2 is 1.63 bits per heavy atom. The fraction of sp³-hybridized carbons (Fsp3) is 0.391. The molecular weight excluding hydrogens is 518 g/mol. The first-order chi connectivity index (χ1) is 16.3. The van der Waals surface area contributed by atoms with Crippen LogP contribution in [0.15, 0.2) is 36.4 Å². The molecule has 1 aliphatic rings. The number of fused-ring (bicyclic) bond motifs is 1. The van der Waals surface area contributed by atoms with E-state index in [9.17, 15) is 35.9 Å². The van der Waals surface area contributed by atoms with Crippen molar-refractivity contribution in [2.45, 2.75) is 31.7 Å². The number of nitrogens with zero attached hydrogens (tertiary/aromatic N) is 1. The number of Topliss-reactive ketones (excluding diaryl/α,β-unsaturated/α-hetero) is 1. The predicted molar refractivity (Wildman–Crippen MR) is 123 cm³/mol. The van der Waals surface area contributed by atoms with Crippen LogP contribution in [0.5, 0.6) is 0 Å². The van der Waals surface area contributed by atoms with Crippen LogP contribution in [-0.2, 0) is 24.2 Å². The third-order valence-corrected chi connectivity index (χ3v) is 6.73. The molecule has 4 nitrogen and oxygen atoms in total. The van der Waals surface area contributed by atoms with Gasteiger partial charge in [-0.15, -0.1) is 11.8 Å². The molecule has 1 heterocycles. The molecule has 0 aromatic heterocycles. The number of alkyl halides is 6. The summed E-state index contributed by atoms with van der Waals surface area (Å²) >= 11 is 6.86. The van der Waals surface area contributed by atoms with E-state index in [4.69, 9.17) is 11.6 Å². The van der Waals surface area contributed by atoms with Crippen molar-refractivity contribution in [3.63, 3.8) is 0 Å². The van der Waals surface area contributed by atoms with E-state index in [0.717, 1.165) is 21.6 Å². The van der Waals surface area contributed by atoms with Crippen molar-refractivity contribution in [1.29, 1.82) is 0 Å². The highest BCUT2D eigenvalue weighted by molar-refractivity contribution is 8.00. The van der Waals surface area contributed by atoms with Crippen LogP contribution >= 0.6 is 23.4 Å². The molecule has 0 spiro atoms. The molecule has 35 heavy (non-hydrogen) atoms. The van der Waals surface area contributed by atoms with Crippen LogP contribution in [0.3, 0.4) is 0 Å². The van der Waals surface area contributed by atoms with E-state index in [-0.39, 0.29) is 31.7 Å². The van der Waals surface area contributed by atoms with E-state index in [2.05, 4.69) is 5.32 Å². The molecule has 3 rings (SSSR count). The number of halogens is 7. The Labute approximate surface area is 207 Å². The number of carbonyl (C=O) groups excluding carboxylic acids is 2. The summed E-state index contributed by atoms with van der Waals surface area (Å²) < 4.78 is 75.2. The fourth-order valence-corrected chi connectivity index (χ4v) is 4.64. The molecule has 0 aliphatic carbocycles. The maximum Gasteiger partial charge on any atom is 0.471 e. The fourth-order valence-electron chi connectivity index (χ4n) is 3.71. The van der Waals surface area contributed by atoms with E-state index in [1.165, 1.54) is 12.1 Å². The van der Waals surface area contributed by atoms with E-state index in [1.807, 2.05) is 0 Å². The summed E-state index contributed by atoms with van der Waals surface area (Å²) in [5.74, 6) is -3.65. The minimum atomic E-state index is -4.93. The summed E-state index contributed by atoms with van der Waals surface area (Å²) in [4.78, 5) is 24.5. The number of benzene rings is 2. The second-order valence-electron chi connectivity index (χ2n) is 7.93. The van der Waals surface area contributed by atoms with Gasteiger partial charge in [-0.3, -0.25) is 9.59 Å². The van der Waals surface area contributed by atoms with Crippen LogP contribution in [-0.4, -0.2) is 53.5 Å². The molecule has 0 saturated heterocycles. The molecular formula is C23H21ClF6N2O2S. The number of nitrogens with one attached hydrogen (secondary N) is 1. The van der Waals surface area contributed by atoms with Crippen molar-refractivity contribution in [3.05, 3.63) is 63.7 Å². The second-order valence-corrected chi connectivity index (χ2v) is 9.32. The lowest BCUT2D eigenvalue weighted by molar-refractivity contribution is -0.185. The Kier molecular flexibility index (Phi) is 8.63. The lowest BCUT2D eigenvalue weighted by Crippen LogP contribution is -2.42. The van der Waals surface area contributed by atoms with Crippen LogP contribution in [0, 0.1) is 0 Å². The summed E-state index contributed by atoms with van der Waals surface area (Å²) in [5, 5.41) is 3.57. The van der Waals surface area contributed by atoms with E-state index in [1.54, 1.807) is 24.3 Å². The normalized spacial score (nSPS) is 14.3. The smallest absolute Gasteiger partial charge is 0.380 e. The van der Waals surface area contributed by atoms with Gasteiger partial charge >= 0.3 is 18.3 Å². The Bertz CT molecular complexity index is 1070. The Balaban J connectivity index is 1.64. The van der Waals surface area contributed by atoms with Crippen molar-refractivity contribution in [1.82, 2.24) is 4.90 Å². The molecule has 0 unspecified atom stereocenters. The standard InChI is InChI=1S/C23H21ClF6N2O2S/c24-18-6-5-15-7-9-32(21(34)23(28,29)30)10-8-17(15)20(18)31-11-14-1-3-16(4-2-14)19(33)12-35-13-22(25,26)27/h1-6,31H,7-13H2. The Morgan fingerprint density at radius 1 is 0.971 bits per heavy atom. The zero-order valence-corrected chi connectivity index (χ0v) is 19.8. The number of anilines is 1. The molecule has 0 fully saturated rings. The van der Waals surface area contributed by atoms with Crippen molar-refractivity contribution in [2.75, 3.05) is 29.9 Å². The van der Waals surface area contributed by atoms with E-state index < -0.39 is 29.8 Å². The van der Waals surface area contributed by atoms with Crippen LogP contribution in [0.25, 0.3) is 0 Å². The van der Waals surface area contributed by atoms with Gasteiger partial charge in [-0.25, -0.2) is 0 Å². The maximum atomic E-state index is 12.8. The van der Waals surface area contributed by atoms with Crippen molar-refractivity contribution < 1.29 is 35.9 Å². The van der Waals surface area contributed by atoms with Crippen LogP contribution in [0.4, 0.5) is 32.0 Å². The highest BCUT2D eigenvalue weighted by atomic mass is 35.5. The highest BCUT2D eigenvalue weighted by Gasteiger charge is 2.42. The van der Waals surface area contributed by atoms with Crippen molar-refractivity contribution >= 4 is 40.7 Å². The molecule has 0 atom stereocenters. The SMILES string of the molecule is O=C(CSCC(F)(F)F)c1ccc(CNc2c(Cl)ccc3c2CCN(C(=O)C(F)(F)F)CC3)cc1. The van der Waals surface area contributed by atoms with Crippen molar-refractivity contribution in [2.24, 2.45) is 0 Å². The third-order valence-electron chi connectivity index (χ3n) is 5.42.